The van der Waals surface area contributed by atoms with Crippen molar-refractivity contribution in [3.8, 4) is 0 Å². The number of hydrogen-bond donors (Lipinski definition) is 1. The molecule has 1 aliphatic carbocycles. The molecule has 0 atom stereocenters. The second-order valence-electron chi connectivity index (χ2n) is 5.33. The molecular weight excluding hydrogens is 283 g/mol. The fraction of sp³-hybridized carbons (Fsp3) is 0.533. The Morgan fingerprint density at radius 3 is 2.29 bits per heavy atom. The predicted octanol–water partition coefficient (Wildman–Crippen LogP) is 3.28. The van der Waals surface area contributed by atoms with E-state index >= 15 is 0 Å². The van der Waals surface area contributed by atoms with Gasteiger partial charge in [0.1, 0.15) is 5.54 Å². The van der Waals surface area contributed by atoms with Crippen molar-refractivity contribution in [2.45, 2.75) is 43.9 Å². The number of methoxy groups -OCH3 is 1. The van der Waals surface area contributed by atoms with Crippen LogP contribution in [0.3, 0.4) is 0 Å². The summed E-state index contributed by atoms with van der Waals surface area (Å²) in [6, 6.07) is 4.96. The van der Waals surface area contributed by atoms with Crippen LogP contribution < -0.4 is 5.32 Å². The normalized spacial score (nSPS) is 17.7. The highest BCUT2D eigenvalue weighted by molar-refractivity contribution is 5.81. The van der Waals surface area contributed by atoms with E-state index in [1.165, 1.54) is 19.2 Å². The van der Waals surface area contributed by atoms with Crippen LogP contribution in [-0.4, -0.2) is 18.6 Å². The summed E-state index contributed by atoms with van der Waals surface area (Å²) >= 11 is 0. The van der Waals surface area contributed by atoms with Crippen LogP contribution in [0.4, 0.5) is 13.2 Å². The first-order valence-electron chi connectivity index (χ1n) is 6.87. The summed E-state index contributed by atoms with van der Waals surface area (Å²) in [6.07, 6.45) is -1.06. The van der Waals surface area contributed by atoms with Gasteiger partial charge in [-0.25, -0.2) is 0 Å². The van der Waals surface area contributed by atoms with E-state index in [1.807, 2.05) is 0 Å². The zero-order chi connectivity index (χ0) is 15.5. The first kappa shape index (κ1) is 15.8. The third kappa shape index (κ3) is 3.56. The highest BCUT2D eigenvalue weighted by Gasteiger charge is 2.41. The summed E-state index contributed by atoms with van der Waals surface area (Å²) in [5.74, 6) is -0.299. The average molecular weight is 301 g/mol. The Bertz CT molecular complexity index is 491. The molecule has 1 saturated carbocycles. The second-order valence-corrected chi connectivity index (χ2v) is 5.33. The molecule has 1 fully saturated rings. The van der Waals surface area contributed by atoms with Gasteiger partial charge < -0.3 is 4.74 Å². The van der Waals surface area contributed by atoms with E-state index in [0.717, 1.165) is 25.0 Å². The molecule has 0 aromatic heterocycles. The van der Waals surface area contributed by atoms with Crippen LogP contribution in [0.15, 0.2) is 24.3 Å². The lowest BCUT2D eigenvalue weighted by Gasteiger charge is -2.27. The van der Waals surface area contributed by atoms with Crippen LogP contribution in [0.2, 0.25) is 0 Å². The highest BCUT2D eigenvalue weighted by atomic mass is 19.4. The monoisotopic (exact) mass is 301 g/mol. The maximum absolute atomic E-state index is 12.5. The van der Waals surface area contributed by atoms with Crippen LogP contribution in [0.1, 0.15) is 36.8 Å². The summed E-state index contributed by atoms with van der Waals surface area (Å²) < 4.78 is 42.3. The van der Waals surface area contributed by atoms with Gasteiger partial charge in [-0.05, 0) is 30.5 Å². The molecule has 0 unspecified atom stereocenters. The molecule has 3 nitrogen and oxygen atoms in total. The Labute approximate surface area is 121 Å². The van der Waals surface area contributed by atoms with Crippen molar-refractivity contribution in [2.24, 2.45) is 0 Å². The molecule has 1 N–H and O–H groups in total. The van der Waals surface area contributed by atoms with E-state index in [4.69, 9.17) is 4.74 Å². The van der Waals surface area contributed by atoms with Crippen molar-refractivity contribution in [3.63, 3.8) is 0 Å². The zero-order valence-corrected chi connectivity index (χ0v) is 11.8. The van der Waals surface area contributed by atoms with Crippen LogP contribution in [-0.2, 0) is 22.3 Å². The van der Waals surface area contributed by atoms with Crippen LogP contribution in [0.5, 0.6) is 0 Å². The molecule has 0 bridgehead atoms. The maximum Gasteiger partial charge on any atom is 0.416 e. The van der Waals surface area contributed by atoms with E-state index in [9.17, 15) is 18.0 Å². The smallest absolute Gasteiger partial charge is 0.416 e. The fourth-order valence-electron chi connectivity index (χ4n) is 2.71. The van der Waals surface area contributed by atoms with Crippen molar-refractivity contribution in [2.75, 3.05) is 7.11 Å². The number of alkyl halides is 3. The molecule has 0 spiro atoms. The molecule has 6 heteroatoms. The fourth-order valence-corrected chi connectivity index (χ4v) is 2.71. The van der Waals surface area contributed by atoms with Gasteiger partial charge in [0.25, 0.3) is 0 Å². The Kier molecular flexibility index (Phi) is 4.56. The topological polar surface area (TPSA) is 38.3 Å². The van der Waals surface area contributed by atoms with Gasteiger partial charge in [-0.3, -0.25) is 10.1 Å². The van der Waals surface area contributed by atoms with Gasteiger partial charge in [0.2, 0.25) is 0 Å². The largest absolute Gasteiger partial charge is 0.468 e. The molecule has 1 aliphatic rings. The first-order chi connectivity index (χ1) is 9.87. The van der Waals surface area contributed by atoms with Crippen LogP contribution in [0.25, 0.3) is 0 Å². The number of hydrogen-bond acceptors (Lipinski definition) is 3. The van der Waals surface area contributed by atoms with Crippen molar-refractivity contribution in [1.82, 2.24) is 5.32 Å². The van der Waals surface area contributed by atoms with Gasteiger partial charge in [-0.2, -0.15) is 13.2 Å². The van der Waals surface area contributed by atoms with E-state index in [2.05, 4.69) is 5.32 Å². The number of benzene rings is 1. The van der Waals surface area contributed by atoms with E-state index in [1.54, 1.807) is 0 Å². The number of nitrogens with one attached hydrogen (secondary N) is 1. The van der Waals surface area contributed by atoms with Gasteiger partial charge in [0.15, 0.2) is 0 Å². The van der Waals surface area contributed by atoms with E-state index in [0.29, 0.717) is 24.9 Å². The number of halogens is 3. The Morgan fingerprint density at radius 1 is 1.24 bits per heavy atom. The lowest BCUT2D eigenvalue weighted by molar-refractivity contribution is -0.148. The summed E-state index contributed by atoms with van der Waals surface area (Å²) in [6.45, 7) is 0.341. The van der Waals surface area contributed by atoms with E-state index in [-0.39, 0.29) is 5.97 Å². The molecule has 116 valence electrons. The number of rotatable bonds is 4. The number of carbonyl (C=O) groups excluding carboxylic acids is 1. The Morgan fingerprint density at radius 2 is 1.81 bits per heavy atom. The van der Waals surface area contributed by atoms with Crippen molar-refractivity contribution in [3.05, 3.63) is 35.4 Å². The van der Waals surface area contributed by atoms with Gasteiger partial charge in [-0.15, -0.1) is 0 Å². The maximum atomic E-state index is 12.5. The average Bonchev–Trinajstić information content (AvgIpc) is 2.94. The lowest BCUT2D eigenvalue weighted by atomic mass is 9.97. The van der Waals surface area contributed by atoms with Crippen LogP contribution >= 0.6 is 0 Å². The third-order valence-corrected chi connectivity index (χ3v) is 3.95. The molecule has 1 aromatic rings. The molecule has 0 saturated heterocycles. The number of ether oxygens (including phenoxy) is 1. The summed E-state index contributed by atoms with van der Waals surface area (Å²) in [7, 11) is 1.35. The van der Waals surface area contributed by atoms with Crippen LogP contribution in [0, 0.1) is 0 Å². The quantitative estimate of drug-likeness (QED) is 0.867. The van der Waals surface area contributed by atoms with Gasteiger partial charge in [0, 0.05) is 6.54 Å². The van der Waals surface area contributed by atoms with Gasteiger partial charge in [-0.1, -0.05) is 25.0 Å². The molecule has 0 radical (unpaired) electrons. The first-order valence-corrected chi connectivity index (χ1v) is 6.87. The van der Waals surface area contributed by atoms with Crippen molar-refractivity contribution >= 4 is 5.97 Å². The lowest BCUT2D eigenvalue weighted by Crippen LogP contribution is -2.50. The minimum Gasteiger partial charge on any atom is -0.468 e. The second kappa shape index (κ2) is 6.05. The third-order valence-electron chi connectivity index (χ3n) is 3.95. The van der Waals surface area contributed by atoms with E-state index < -0.39 is 17.3 Å². The minimum absolute atomic E-state index is 0.299. The molecule has 0 aliphatic heterocycles. The minimum atomic E-state index is -4.33. The molecular formula is C15H18F3NO2. The standard InChI is InChI=1S/C15H18F3NO2/c1-21-13(20)14(8-2-3-9-14)19-10-11-4-6-12(7-5-11)15(16,17)18/h4-7,19H,2-3,8-10H2,1H3. The SMILES string of the molecule is COC(=O)C1(NCc2ccc(C(F)(F)F)cc2)CCCC1. The summed E-state index contributed by atoms with van der Waals surface area (Å²) in [5, 5.41) is 3.16. The zero-order valence-electron chi connectivity index (χ0n) is 11.8. The number of carbonyl (C=O) groups is 1. The number of esters is 1. The predicted molar refractivity (Wildman–Crippen MR) is 71.5 cm³/mol. The molecule has 0 heterocycles. The molecule has 21 heavy (non-hydrogen) atoms. The summed E-state index contributed by atoms with van der Waals surface area (Å²) in [4.78, 5) is 11.9. The molecule has 1 aromatic carbocycles. The Balaban J connectivity index is 2.03. The van der Waals surface area contributed by atoms with Gasteiger partial charge >= 0.3 is 12.1 Å². The molecule has 2 rings (SSSR count). The van der Waals surface area contributed by atoms with Crippen molar-refractivity contribution in [1.29, 1.82) is 0 Å². The highest BCUT2D eigenvalue weighted by Crippen LogP contribution is 2.32. The van der Waals surface area contributed by atoms with Gasteiger partial charge in [0.05, 0.1) is 12.7 Å². The Hall–Kier alpha value is -1.56. The van der Waals surface area contributed by atoms with Crippen molar-refractivity contribution < 1.29 is 22.7 Å². The summed E-state index contributed by atoms with van der Waals surface area (Å²) in [5.41, 5.74) is -0.662. The molecule has 0 amide bonds.